The summed E-state index contributed by atoms with van der Waals surface area (Å²) >= 11 is 0. The number of aromatic nitrogens is 4. The molecule has 7 nitrogen and oxygen atoms in total. The number of carbonyl (C=O) groups excluding carboxylic acids is 1. The van der Waals surface area contributed by atoms with Crippen LogP contribution in [0, 0.1) is 13.8 Å². The molecule has 0 fully saturated rings. The highest BCUT2D eigenvalue weighted by atomic mass is 16.1. The van der Waals surface area contributed by atoms with Crippen LogP contribution in [0.2, 0.25) is 0 Å². The zero-order chi connectivity index (χ0) is 18.3. The molecule has 4 rings (SSSR count). The number of fused-ring (bicyclic) bond motifs is 2. The van der Waals surface area contributed by atoms with E-state index in [-0.39, 0.29) is 17.9 Å². The summed E-state index contributed by atoms with van der Waals surface area (Å²) in [5.74, 6) is 0.321. The Bertz CT molecular complexity index is 1210. The van der Waals surface area contributed by atoms with E-state index in [1.807, 2.05) is 44.2 Å². The average Bonchev–Trinajstić information content (AvgIpc) is 2.99. The second-order valence-electron chi connectivity index (χ2n) is 6.19. The summed E-state index contributed by atoms with van der Waals surface area (Å²) in [7, 11) is 0. The van der Waals surface area contributed by atoms with Crippen LogP contribution in [-0.2, 0) is 11.2 Å². The van der Waals surface area contributed by atoms with Crippen LogP contribution < -0.4 is 10.9 Å². The van der Waals surface area contributed by atoms with Crippen LogP contribution in [0.3, 0.4) is 0 Å². The van der Waals surface area contributed by atoms with Crippen molar-refractivity contribution in [1.29, 1.82) is 0 Å². The van der Waals surface area contributed by atoms with E-state index < -0.39 is 0 Å². The molecule has 0 saturated heterocycles. The SMILES string of the molecule is Cc1nc2cc(=O)[nH]n2c(C)c1CC(=O)Nc1ccc2ccccc2n1. The van der Waals surface area contributed by atoms with Crippen molar-refractivity contribution in [1.82, 2.24) is 19.6 Å². The molecule has 0 spiro atoms. The number of benzene rings is 1. The first-order valence-corrected chi connectivity index (χ1v) is 8.25. The van der Waals surface area contributed by atoms with Gasteiger partial charge in [0.2, 0.25) is 5.91 Å². The molecule has 0 aliphatic heterocycles. The number of aromatic amines is 1. The minimum Gasteiger partial charge on any atom is -0.310 e. The van der Waals surface area contributed by atoms with Gasteiger partial charge in [0.15, 0.2) is 5.65 Å². The van der Waals surface area contributed by atoms with Gasteiger partial charge in [-0.3, -0.25) is 14.7 Å². The van der Waals surface area contributed by atoms with Gasteiger partial charge in [-0.05, 0) is 32.0 Å². The standard InChI is InChI=1S/C19H17N5O2/c1-11-14(12(2)24-17(20-11)10-19(26)23-24)9-18(25)22-16-8-7-13-5-3-4-6-15(13)21-16/h3-8,10H,9H2,1-2H3,(H,23,26)(H,21,22,25). The van der Waals surface area contributed by atoms with Gasteiger partial charge in [0.05, 0.1) is 11.9 Å². The lowest BCUT2D eigenvalue weighted by atomic mass is 10.1. The van der Waals surface area contributed by atoms with Gasteiger partial charge in [-0.25, -0.2) is 14.5 Å². The molecule has 1 amide bonds. The van der Waals surface area contributed by atoms with E-state index in [1.54, 1.807) is 10.6 Å². The summed E-state index contributed by atoms with van der Waals surface area (Å²) < 4.78 is 1.60. The van der Waals surface area contributed by atoms with Crippen molar-refractivity contribution in [2.24, 2.45) is 0 Å². The van der Waals surface area contributed by atoms with Crippen molar-refractivity contribution in [2.45, 2.75) is 20.3 Å². The Hall–Kier alpha value is -3.48. The predicted octanol–water partition coefficient (Wildman–Crippen LogP) is 2.37. The first kappa shape index (κ1) is 16.0. The molecule has 2 N–H and O–H groups in total. The van der Waals surface area contributed by atoms with E-state index in [4.69, 9.17) is 0 Å². The number of para-hydroxylation sites is 1. The van der Waals surface area contributed by atoms with Gasteiger partial charge >= 0.3 is 0 Å². The summed E-state index contributed by atoms with van der Waals surface area (Å²) in [5.41, 5.74) is 3.44. The van der Waals surface area contributed by atoms with Gasteiger partial charge < -0.3 is 5.32 Å². The fourth-order valence-electron chi connectivity index (χ4n) is 3.09. The molecule has 0 radical (unpaired) electrons. The smallest absolute Gasteiger partial charge is 0.266 e. The second-order valence-corrected chi connectivity index (χ2v) is 6.19. The minimum absolute atomic E-state index is 0.148. The number of nitrogens with one attached hydrogen (secondary N) is 2. The molecule has 0 aliphatic rings. The Morgan fingerprint density at radius 3 is 2.81 bits per heavy atom. The Labute approximate surface area is 148 Å². The van der Waals surface area contributed by atoms with Crippen LogP contribution in [0.5, 0.6) is 0 Å². The van der Waals surface area contributed by atoms with Gasteiger partial charge in [0.25, 0.3) is 5.56 Å². The van der Waals surface area contributed by atoms with E-state index in [0.717, 1.165) is 27.9 Å². The van der Waals surface area contributed by atoms with Crippen molar-refractivity contribution < 1.29 is 4.79 Å². The number of amides is 1. The molecule has 0 atom stereocenters. The number of rotatable bonds is 3. The van der Waals surface area contributed by atoms with Gasteiger partial charge in [-0.15, -0.1) is 0 Å². The number of hydrogen-bond donors (Lipinski definition) is 2. The molecule has 0 aliphatic carbocycles. The van der Waals surface area contributed by atoms with E-state index in [9.17, 15) is 9.59 Å². The number of pyridine rings is 1. The first-order chi connectivity index (χ1) is 12.5. The van der Waals surface area contributed by atoms with Crippen LogP contribution >= 0.6 is 0 Å². The zero-order valence-corrected chi connectivity index (χ0v) is 14.4. The highest BCUT2D eigenvalue weighted by molar-refractivity contribution is 5.93. The number of carbonyl (C=O) groups is 1. The lowest BCUT2D eigenvalue weighted by Crippen LogP contribution is -2.18. The number of aryl methyl sites for hydroxylation is 2. The molecule has 1 aromatic carbocycles. The minimum atomic E-state index is -0.220. The van der Waals surface area contributed by atoms with Crippen LogP contribution in [0.4, 0.5) is 5.82 Å². The van der Waals surface area contributed by atoms with Gasteiger partial charge in [-0.1, -0.05) is 18.2 Å². The summed E-state index contributed by atoms with van der Waals surface area (Å²) in [6.07, 6.45) is 0.148. The zero-order valence-electron chi connectivity index (χ0n) is 14.4. The lowest BCUT2D eigenvalue weighted by Gasteiger charge is -2.11. The largest absolute Gasteiger partial charge is 0.310 e. The Morgan fingerprint density at radius 1 is 1.15 bits per heavy atom. The summed E-state index contributed by atoms with van der Waals surface area (Å²) in [6.45, 7) is 3.69. The number of H-pyrrole nitrogens is 1. The van der Waals surface area contributed by atoms with Crippen LogP contribution in [0.25, 0.3) is 16.6 Å². The topological polar surface area (TPSA) is 92.1 Å². The first-order valence-electron chi connectivity index (χ1n) is 8.25. The van der Waals surface area contributed by atoms with Crippen molar-refractivity contribution in [3.63, 3.8) is 0 Å². The van der Waals surface area contributed by atoms with Crippen molar-refractivity contribution in [3.8, 4) is 0 Å². The van der Waals surface area contributed by atoms with Crippen molar-refractivity contribution in [2.75, 3.05) is 5.32 Å². The third-order valence-corrected chi connectivity index (χ3v) is 4.41. The molecule has 3 heterocycles. The maximum atomic E-state index is 12.5. The highest BCUT2D eigenvalue weighted by Crippen LogP contribution is 2.17. The Morgan fingerprint density at radius 2 is 1.96 bits per heavy atom. The van der Waals surface area contributed by atoms with Gasteiger partial charge in [0.1, 0.15) is 5.82 Å². The monoisotopic (exact) mass is 347 g/mol. The number of hydrogen-bond acceptors (Lipinski definition) is 4. The third-order valence-electron chi connectivity index (χ3n) is 4.41. The fraction of sp³-hybridized carbons (Fsp3) is 0.158. The van der Waals surface area contributed by atoms with Crippen LogP contribution in [-0.4, -0.2) is 25.5 Å². The predicted molar refractivity (Wildman–Crippen MR) is 99.4 cm³/mol. The second kappa shape index (κ2) is 6.11. The van der Waals surface area contributed by atoms with Crippen LogP contribution in [0.15, 0.2) is 47.3 Å². The van der Waals surface area contributed by atoms with Crippen molar-refractivity contribution >= 4 is 28.3 Å². The highest BCUT2D eigenvalue weighted by Gasteiger charge is 2.14. The molecule has 26 heavy (non-hydrogen) atoms. The normalized spacial score (nSPS) is 11.2. The lowest BCUT2D eigenvalue weighted by molar-refractivity contribution is -0.115. The Balaban J connectivity index is 1.61. The van der Waals surface area contributed by atoms with E-state index in [0.29, 0.717) is 11.5 Å². The Kier molecular flexibility index (Phi) is 3.76. The molecule has 0 bridgehead atoms. The summed E-state index contributed by atoms with van der Waals surface area (Å²) in [6, 6.07) is 12.9. The average molecular weight is 347 g/mol. The van der Waals surface area contributed by atoms with E-state index in [2.05, 4.69) is 20.4 Å². The maximum Gasteiger partial charge on any atom is 0.266 e. The molecule has 0 unspecified atom stereocenters. The molecule has 3 aromatic heterocycles. The number of nitrogens with zero attached hydrogens (tertiary/aromatic N) is 3. The molecule has 4 aromatic rings. The number of anilines is 1. The van der Waals surface area contributed by atoms with E-state index in [1.165, 1.54) is 6.07 Å². The molecular formula is C19H17N5O2. The molecule has 130 valence electrons. The quantitative estimate of drug-likeness (QED) is 0.595. The molecular weight excluding hydrogens is 330 g/mol. The molecule has 0 saturated carbocycles. The van der Waals surface area contributed by atoms with E-state index >= 15 is 0 Å². The van der Waals surface area contributed by atoms with Gasteiger partial charge in [0, 0.05) is 28.4 Å². The maximum absolute atomic E-state index is 12.5. The van der Waals surface area contributed by atoms with Crippen molar-refractivity contribution in [3.05, 3.63) is 69.8 Å². The summed E-state index contributed by atoms with van der Waals surface area (Å²) in [4.78, 5) is 32.9. The summed E-state index contributed by atoms with van der Waals surface area (Å²) in [5, 5.41) is 6.54. The fourth-order valence-corrected chi connectivity index (χ4v) is 3.09. The van der Waals surface area contributed by atoms with Gasteiger partial charge in [-0.2, -0.15) is 0 Å². The molecule has 7 heteroatoms. The van der Waals surface area contributed by atoms with Crippen LogP contribution in [0.1, 0.15) is 17.0 Å². The third kappa shape index (κ3) is 2.83.